The zero-order valence-corrected chi connectivity index (χ0v) is 9.25. The van der Waals surface area contributed by atoms with Crippen LogP contribution in [0.1, 0.15) is 40.0 Å². The smallest absolute Gasteiger partial charge is 0.0863 e. The van der Waals surface area contributed by atoms with E-state index in [1.165, 1.54) is 0 Å². The molecule has 0 aromatic rings. The summed E-state index contributed by atoms with van der Waals surface area (Å²) in [5.74, 6) is 0.466. The number of nitrogens with zero attached hydrogens (tertiary/aromatic N) is 1. The van der Waals surface area contributed by atoms with E-state index in [4.69, 9.17) is 5.26 Å². The lowest BCUT2D eigenvalue weighted by Gasteiger charge is -2.33. The summed E-state index contributed by atoms with van der Waals surface area (Å²) in [6.07, 6.45) is 3.01. The highest BCUT2D eigenvalue weighted by Gasteiger charge is 2.62. The minimum Gasteiger partial charge on any atom is -0.388 e. The van der Waals surface area contributed by atoms with Crippen molar-refractivity contribution in [1.29, 1.82) is 5.26 Å². The van der Waals surface area contributed by atoms with Crippen molar-refractivity contribution in [2.24, 2.45) is 23.2 Å². The van der Waals surface area contributed by atoms with E-state index in [0.717, 1.165) is 19.3 Å². The van der Waals surface area contributed by atoms with Gasteiger partial charge in [-0.3, -0.25) is 0 Å². The molecule has 2 fully saturated rings. The van der Waals surface area contributed by atoms with Crippen LogP contribution in [0.25, 0.3) is 0 Å². The third kappa shape index (κ3) is 0.995. The van der Waals surface area contributed by atoms with E-state index < -0.39 is 5.60 Å². The van der Waals surface area contributed by atoms with Crippen LogP contribution in [0.4, 0.5) is 0 Å². The van der Waals surface area contributed by atoms with E-state index in [1.54, 1.807) is 0 Å². The van der Waals surface area contributed by atoms with Gasteiger partial charge in [0.1, 0.15) is 0 Å². The topological polar surface area (TPSA) is 44.0 Å². The van der Waals surface area contributed by atoms with Crippen LogP contribution in [0.15, 0.2) is 0 Å². The van der Waals surface area contributed by atoms with Gasteiger partial charge < -0.3 is 5.11 Å². The predicted octanol–water partition coefficient (Wildman–Crippen LogP) is 2.33. The molecule has 78 valence electrons. The van der Waals surface area contributed by atoms with Gasteiger partial charge in [0.2, 0.25) is 0 Å². The van der Waals surface area contributed by atoms with Crippen molar-refractivity contribution in [2.75, 3.05) is 0 Å². The van der Waals surface area contributed by atoms with Gasteiger partial charge in [0.05, 0.1) is 17.6 Å². The Morgan fingerprint density at radius 1 is 1.36 bits per heavy atom. The molecule has 2 nitrogen and oxygen atoms in total. The molecule has 0 radical (unpaired) electrons. The Bertz CT molecular complexity index is 291. The molecule has 0 saturated heterocycles. The molecule has 2 aliphatic rings. The molecule has 0 aliphatic heterocycles. The fourth-order valence-electron chi connectivity index (χ4n) is 3.81. The van der Waals surface area contributed by atoms with Crippen molar-refractivity contribution >= 4 is 0 Å². The van der Waals surface area contributed by atoms with E-state index in [0.29, 0.717) is 11.8 Å². The zero-order chi connectivity index (χ0) is 10.6. The highest BCUT2D eigenvalue weighted by atomic mass is 16.3. The Morgan fingerprint density at radius 3 is 2.57 bits per heavy atom. The molecule has 0 amide bonds. The summed E-state index contributed by atoms with van der Waals surface area (Å²) in [7, 11) is 0. The maximum Gasteiger partial charge on any atom is 0.0863 e. The van der Waals surface area contributed by atoms with E-state index in [2.05, 4.69) is 26.8 Å². The van der Waals surface area contributed by atoms with Crippen molar-refractivity contribution in [2.45, 2.75) is 45.6 Å². The first kappa shape index (κ1) is 9.98. The maximum absolute atomic E-state index is 10.7. The molecular weight excluding hydrogens is 174 g/mol. The van der Waals surface area contributed by atoms with Gasteiger partial charge in [0.25, 0.3) is 0 Å². The maximum atomic E-state index is 10.7. The fourth-order valence-corrected chi connectivity index (χ4v) is 3.81. The Kier molecular flexibility index (Phi) is 1.95. The number of rotatable bonds is 0. The molecule has 0 aromatic carbocycles. The zero-order valence-electron chi connectivity index (χ0n) is 9.25. The molecular formula is C12H19NO. The normalized spacial score (nSPS) is 50.1. The van der Waals surface area contributed by atoms with E-state index >= 15 is 0 Å². The molecule has 4 atom stereocenters. The molecule has 0 aromatic heterocycles. The Hall–Kier alpha value is -0.550. The molecule has 1 unspecified atom stereocenters. The summed E-state index contributed by atoms with van der Waals surface area (Å²) in [6.45, 7) is 6.47. The second-order valence-corrected chi connectivity index (χ2v) is 5.79. The SMILES string of the molecule is CC1CC[C@H]2C(C)(C)C[C@H](C#N)[C@@]12O. The third-order valence-corrected chi connectivity index (χ3v) is 4.62. The van der Waals surface area contributed by atoms with Crippen LogP contribution in [0.3, 0.4) is 0 Å². The lowest BCUT2D eigenvalue weighted by atomic mass is 9.76. The largest absolute Gasteiger partial charge is 0.388 e. The highest BCUT2D eigenvalue weighted by molar-refractivity contribution is 5.17. The summed E-state index contributed by atoms with van der Waals surface area (Å²) < 4.78 is 0. The average molecular weight is 193 g/mol. The van der Waals surface area contributed by atoms with Crippen molar-refractivity contribution in [3.05, 3.63) is 0 Å². The van der Waals surface area contributed by atoms with Gasteiger partial charge in [-0.05, 0) is 36.5 Å². The van der Waals surface area contributed by atoms with Gasteiger partial charge >= 0.3 is 0 Å². The van der Waals surface area contributed by atoms with Gasteiger partial charge in [0, 0.05) is 0 Å². The monoisotopic (exact) mass is 193 g/mol. The van der Waals surface area contributed by atoms with Crippen molar-refractivity contribution in [3.63, 3.8) is 0 Å². The predicted molar refractivity (Wildman–Crippen MR) is 54.3 cm³/mol. The first-order valence-corrected chi connectivity index (χ1v) is 5.55. The number of fused-ring (bicyclic) bond motifs is 1. The summed E-state index contributed by atoms with van der Waals surface area (Å²) in [5, 5.41) is 19.8. The summed E-state index contributed by atoms with van der Waals surface area (Å²) in [5.41, 5.74) is -0.557. The highest BCUT2D eigenvalue weighted by Crippen LogP contribution is 2.61. The number of hydrogen-bond acceptors (Lipinski definition) is 2. The molecule has 14 heavy (non-hydrogen) atoms. The van der Waals surface area contributed by atoms with Gasteiger partial charge in [-0.1, -0.05) is 20.8 Å². The lowest BCUT2D eigenvalue weighted by Crippen LogP contribution is -2.42. The minimum absolute atomic E-state index is 0.139. The minimum atomic E-state index is -0.696. The van der Waals surface area contributed by atoms with E-state index in [9.17, 15) is 5.11 Å². The first-order valence-electron chi connectivity index (χ1n) is 5.55. The first-order chi connectivity index (χ1) is 6.43. The number of nitriles is 1. The summed E-state index contributed by atoms with van der Waals surface area (Å²) >= 11 is 0. The number of aliphatic hydroxyl groups is 1. The lowest BCUT2D eigenvalue weighted by molar-refractivity contribution is -0.0468. The van der Waals surface area contributed by atoms with Gasteiger partial charge in [-0.25, -0.2) is 0 Å². The van der Waals surface area contributed by atoms with Crippen LogP contribution in [-0.4, -0.2) is 10.7 Å². The molecule has 0 bridgehead atoms. The van der Waals surface area contributed by atoms with Crippen LogP contribution in [0.5, 0.6) is 0 Å². The van der Waals surface area contributed by atoms with E-state index in [1.807, 2.05) is 0 Å². The third-order valence-electron chi connectivity index (χ3n) is 4.62. The van der Waals surface area contributed by atoms with Crippen LogP contribution in [0, 0.1) is 34.5 Å². The van der Waals surface area contributed by atoms with Crippen molar-refractivity contribution < 1.29 is 5.11 Å². The standard InChI is InChI=1S/C12H19NO/c1-8-4-5-10-11(2,3)6-9(7-13)12(8,10)14/h8-10,14H,4-6H2,1-3H3/t8?,9-,10+,12+/m1/s1. The van der Waals surface area contributed by atoms with Gasteiger partial charge in [-0.2, -0.15) is 5.26 Å². The average Bonchev–Trinajstić information content (AvgIpc) is 2.50. The second-order valence-electron chi connectivity index (χ2n) is 5.79. The van der Waals surface area contributed by atoms with Crippen LogP contribution < -0.4 is 0 Å². The Labute approximate surface area is 85.9 Å². The molecule has 2 aliphatic carbocycles. The molecule has 2 heteroatoms. The summed E-state index contributed by atoms with van der Waals surface area (Å²) in [4.78, 5) is 0. The van der Waals surface area contributed by atoms with Gasteiger partial charge in [-0.15, -0.1) is 0 Å². The molecule has 0 heterocycles. The number of hydrogen-bond donors (Lipinski definition) is 1. The summed E-state index contributed by atoms with van der Waals surface area (Å²) in [6, 6.07) is 2.31. The van der Waals surface area contributed by atoms with Crippen LogP contribution >= 0.6 is 0 Å². The molecule has 2 saturated carbocycles. The quantitative estimate of drug-likeness (QED) is 0.641. The molecule has 0 spiro atoms. The fraction of sp³-hybridized carbons (Fsp3) is 0.917. The van der Waals surface area contributed by atoms with Gasteiger partial charge in [0.15, 0.2) is 0 Å². The van der Waals surface area contributed by atoms with Crippen molar-refractivity contribution in [3.8, 4) is 6.07 Å². The van der Waals surface area contributed by atoms with E-state index in [-0.39, 0.29) is 11.3 Å². The van der Waals surface area contributed by atoms with Crippen LogP contribution in [-0.2, 0) is 0 Å². The molecule has 2 rings (SSSR count). The molecule has 1 N–H and O–H groups in total. The second kappa shape index (κ2) is 2.73. The Morgan fingerprint density at radius 2 is 2.00 bits per heavy atom. The van der Waals surface area contributed by atoms with Crippen LogP contribution in [0.2, 0.25) is 0 Å². The van der Waals surface area contributed by atoms with Crippen molar-refractivity contribution in [1.82, 2.24) is 0 Å². The Balaban J connectivity index is 2.42.